The van der Waals surface area contributed by atoms with Gasteiger partial charge in [-0.15, -0.1) is 0 Å². The summed E-state index contributed by atoms with van der Waals surface area (Å²) in [5.41, 5.74) is 1.57. The Hall–Kier alpha value is -2.49. The van der Waals surface area contributed by atoms with Gasteiger partial charge in [-0.05, 0) is 56.7 Å². The topological polar surface area (TPSA) is 47.6 Å². The normalized spacial score (nSPS) is 11.6. The number of carbonyl (C=O) groups excluding carboxylic acids is 1. The highest BCUT2D eigenvalue weighted by Gasteiger charge is 2.12. The fourth-order valence-electron chi connectivity index (χ4n) is 2.19. The molecule has 0 aliphatic heterocycles. The molecule has 0 saturated heterocycles. The molecule has 122 valence electrons. The maximum absolute atomic E-state index is 12.3. The molecular weight excluding hydrogens is 290 g/mol. The summed E-state index contributed by atoms with van der Waals surface area (Å²) in [6, 6.07) is 14.9. The molecule has 1 atom stereocenters. The average molecular weight is 313 g/mol. The van der Waals surface area contributed by atoms with Crippen LogP contribution in [0, 0.1) is 6.92 Å². The van der Waals surface area contributed by atoms with Crippen LogP contribution in [-0.2, 0) is 0 Å². The minimum absolute atomic E-state index is 0.0884. The van der Waals surface area contributed by atoms with Crippen LogP contribution in [0.25, 0.3) is 0 Å². The summed E-state index contributed by atoms with van der Waals surface area (Å²) in [6.45, 7) is 6.83. The molecule has 4 heteroatoms. The van der Waals surface area contributed by atoms with Crippen molar-refractivity contribution in [3.8, 4) is 11.5 Å². The highest BCUT2D eigenvalue weighted by molar-refractivity contribution is 5.94. The molecule has 1 N–H and O–H groups in total. The molecule has 0 aromatic heterocycles. The number of carbonyl (C=O) groups is 1. The van der Waals surface area contributed by atoms with Gasteiger partial charge in [0.15, 0.2) is 0 Å². The van der Waals surface area contributed by atoms with Crippen molar-refractivity contribution in [2.24, 2.45) is 0 Å². The van der Waals surface area contributed by atoms with Gasteiger partial charge in [-0.1, -0.05) is 18.2 Å². The van der Waals surface area contributed by atoms with Crippen LogP contribution in [-0.4, -0.2) is 25.2 Å². The number of hydrogen-bond donors (Lipinski definition) is 1. The molecule has 0 heterocycles. The fourth-order valence-corrected chi connectivity index (χ4v) is 2.19. The summed E-state index contributed by atoms with van der Waals surface area (Å²) >= 11 is 0. The van der Waals surface area contributed by atoms with Gasteiger partial charge in [0.2, 0.25) is 0 Å². The Balaban J connectivity index is 1.89. The lowest BCUT2D eigenvalue weighted by atomic mass is 10.1. The zero-order valence-electron chi connectivity index (χ0n) is 13.8. The number of aryl methyl sites for hydroxylation is 1. The number of hydrogen-bond acceptors (Lipinski definition) is 3. The Bertz CT molecular complexity index is 640. The van der Waals surface area contributed by atoms with Crippen LogP contribution in [0.4, 0.5) is 0 Å². The first-order valence-electron chi connectivity index (χ1n) is 7.82. The van der Waals surface area contributed by atoms with E-state index in [1.165, 1.54) is 0 Å². The molecule has 0 unspecified atom stereocenters. The first kappa shape index (κ1) is 16.9. The summed E-state index contributed by atoms with van der Waals surface area (Å²) in [4.78, 5) is 12.3. The molecule has 2 rings (SSSR count). The van der Waals surface area contributed by atoms with Crippen LogP contribution in [0.1, 0.15) is 29.8 Å². The zero-order valence-corrected chi connectivity index (χ0v) is 13.8. The second-order valence-corrected chi connectivity index (χ2v) is 5.41. The van der Waals surface area contributed by atoms with Crippen molar-refractivity contribution >= 4 is 5.91 Å². The molecule has 0 aliphatic carbocycles. The summed E-state index contributed by atoms with van der Waals surface area (Å²) in [5, 5.41) is 2.94. The molecular formula is C19H23NO3. The molecule has 0 radical (unpaired) electrons. The van der Waals surface area contributed by atoms with Gasteiger partial charge in [0.1, 0.15) is 18.1 Å². The quantitative estimate of drug-likeness (QED) is 0.850. The van der Waals surface area contributed by atoms with Gasteiger partial charge in [0, 0.05) is 5.56 Å². The van der Waals surface area contributed by atoms with E-state index in [0.29, 0.717) is 18.8 Å². The summed E-state index contributed by atoms with van der Waals surface area (Å²) in [5.74, 6) is 1.50. The lowest BCUT2D eigenvalue weighted by molar-refractivity contribution is 0.0926. The lowest BCUT2D eigenvalue weighted by Crippen LogP contribution is -2.36. The monoisotopic (exact) mass is 313 g/mol. The van der Waals surface area contributed by atoms with E-state index in [1.807, 2.05) is 63.2 Å². The van der Waals surface area contributed by atoms with Crippen molar-refractivity contribution in [3.05, 3.63) is 59.7 Å². The first-order chi connectivity index (χ1) is 11.1. The molecule has 0 spiro atoms. The lowest BCUT2D eigenvalue weighted by Gasteiger charge is -2.16. The minimum atomic E-state index is -0.111. The SMILES string of the molecule is CCOc1ccc(C(=O)N[C@@H](C)COc2ccccc2)cc1C. The Labute approximate surface area is 137 Å². The van der Waals surface area contributed by atoms with E-state index in [-0.39, 0.29) is 11.9 Å². The minimum Gasteiger partial charge on any atom is -0.494 e. The Morgan fingerprint density at radius 2 is 1.87 bits per heavy atom. The van der Waals surface area contributed by atoms with Crippen LogP contribution in [0.2, 0.25) is 0 Å². The van der Waals surface area contributed by atoms with Gasteiger partial charge in [-0.2, -0.15) is 0 Å². The third kappa shape index (κ3) is 5.02. The average Bonchev–Trinajstić information content (AvgIpc) is 2.56. The number of ether oxygens (including phenoxy) is 2. The number of rotatable bonds is 7. The summed E-state index contributed by atoms with van der Waals surface area (Å²) < 4.78 is 11.1. The molecule has 2 aromatic rings. The number of benzene rings is 2. The van der Waals surface area contributed by atoms with E-state index in [1.54, 1.807) is 6.07 Å². The number of para-hydroxylation sites is 1. The van der Waals surface area contributed by atoms with Crippen molar-refractivity contribution in [2.45, 2.75) is 26.8 Å². The summed E-state index contributed by atoms with van der Waals surface area (Å²) in [7, 11) is 0. The van der Waals surface area contributed by atoms with E-state index in [0.717, 1.165) is 17.1 Å². The molecule has 0 fully saturated rings. The van der Waals surface area contributed by atoms with Crippen LogP contribution in [0.3, 0.4) is 0 Å². The Morgan fingerprint density at radius 3 is 2.52 bits per heavy atom. The van der Waals surface area contributed by atoms with E-state index in [2.05, 4.69) is 5.32 Å². The predicted octanol–water partition coefficient (Wildman–Crippen LogP) is 3.59. The van der Waals surface area contributed by atoms with Crippen LogP contribution < -0.4 is 14.8 Å². The van der Waals surface area contributed by atoms with Crippen LogP contribution in [0.15, 0.2) is 48.5 Å². The van der Waals surface area contributed by atoms with Crippen molar-refractivity contribution in [1.82, 2.24) is 5.32 Å². The maximum Gasteiger partial charge on any atom is 0.251 e. The molecule has 0 aliphatic rings. The molecule has 4 nitrogen and oxygen atoms in total. The number of nitrogens with one attached hydrogen (secondary N) is 1. The second kappa shape index (κ2) is 8.22. The van der Waals surface area contributed by atoms with Crippen molar-refractivity contribution in [2.75, 3.05) is 13.2 Å². The summed E-state index contributed by atoms with van der Waals surface area (Å²) in [6.07, 6.45) is 0. The Morgan fingerprint density at radius 1 is 1.13 bits per heavy atom. The van der Waals surface area contributed by atoms with Gasteiger partial charge >= 0.3 is 0 Å². The Kier molecular flexibility index (Phi) is 6.03. The van der Waals surface area contributed by atoms with Gasteiger partial charge in [-0.3, -0.25) is 4.79 Å². The molecule has 2 aromatic carbocycles. The molecule has 23 heavy (non-hydrogen) atoms. The van der Waals surface area contributed by atoms with E-state index < -0.39 is 0 Å². The van der Waals surface area contributed by atoms with Gasteiger partial charge in [0.25, 0.3) is 5.91 Å². The van der Waals surface area contributed by atoms with Crippen molar-refractivity contribution in [1.29, 1.82) is 0 Å². The molecule has 0 bridgehead atoms. The standard InChI is InChI=1S/C19H23NO3/c1-4-22-18-11-10-16(12-14(18)2)19(21)20-15(3)13-23-17-8-6-5-7-9-17/h5-12,15H,4,13H2,1-3H3,(H,20,21)/t15-/m0/s1. The van der Waals surface area contributed by atoms with Crippen molar-refractivity contribution in [3.63, 3.8) is 0 Å². The highest BCUT2D eigenvalue weighted by Crippen LogP contribution is 2.19. The number of amides is 1. The van der Waals surface area contributed by atoms with Crippen LogP contribution in [0.5, 0.6) is 11.5 Å². The van der Waals surface area contributed by atoms with E-state index in [4.69, 9.17) is 9.47 Å². The predicted molar refractivity (Wildman–Crippen MR) is 91.2 cm³/mol. The third-order valence-corrected chi connectivity index (χ3v) is 3.36. The van der Waals surface area contributed by atoms with E-state index in [9.17, 15) is 4.79 Å². The first-order valence-corrected chi connectivity index (χ1v) is 7.82. The zero-order chi connectivity index (χ0) is 16.7. The molecule has 0 saturated carbocycles. The van der Waals surface area contributed by atoms with Gasteiger partial charge < -0.3 is 14.8 Å². The highest BCUT2D eigenvalue weighted by atomic mass is 16.5. The van der Waals surface area contributed by atoms with Crippen LogP contribution >= 0.6 is 0 Å². The van der Waals surface area contributed by atoms with Gasteiger partial charge in [-0.25, -0.2) is 0 Å². The van der Waals surface area contributed by atoms with Gasteiger partial charge in [0.05, 0.1) is 12.6 Å². The van der Waals surface area contributed by atoms with Crippen molar-refractivity contribution < 1.29 is 14.3 Å². The van der Waals surface area contributed by atoms with E-state index >= 15 is 0 Å². The molecule has 1 amide bonds. The maximum atomic E-state index is 12.3. The largest absolute Gasteiger partial charge is 0.494 e. The smallest absolute Gasteiger partial charge is 0.251 e. The fraction of sp³-hybridized carbons (Fsp3) is 0.316. The third-order valence-electron chi connectivity index (χ3n) is 3.36. The second-order valence-electron chi connectivity index (χ2n) is 5.41.